The highest BCUT2D eigenvalue weighted by molar-refractivity contribution is 5.94. The molecule has 0 unspecified atom stereocenters. The highest BCUT2D eigenvalue weighted by atomic mass is 19.4. The summed E-state index contributed by atoms with van der Waals surface area (Å²) in [7, 11) is 0. The lowest BCUT2D eigenvalue weighted by molar-refractivity contribution is -0.151. The summed E-state index contributed by atoms with van der Waals surface area (Å²) in [5, 5.41) is 0. The topological polar surface area (TPSA) is 53.5 Å². The number of hydrogen-bond donors (Lipinski definition) is 0. The minimum atomic E-state index is -4.33. The third kappa shape index (κ3) is 4.29. The first-order valence-electron chi connectivity index (χ1n) is 8.39. The largest absolute Gasteiger partial charge is 0.389 e. The van der Waals surface area contributed by atoms with Crippen LogP contribution in [0, 0.1) is 5.92 Å². The summed E-state index contributed by atoms with van der Waals surface area (Å²) in [5.74, 6) is -0.508. The van der Waals surface area contributed by atoms with Crippen LogP contribution in [-0.2, 0) is 4.79 Å². The molecule has 0 radical (unpaired) electrons. The molecule has 1 aromatic rings. The van der Waals surface area contributed by atoms with E-state index in [1.54, 1.807) is 28.1 Å². The fourth-order valence-electron chi connectivity index (χ4n) is 3.62. The van der Waals surface area contributed by atoms with E-state index in [4.69, 9.17) is 0 Å². The monoisotopic (exact) mass is 355 g/mol. The third-order valence-electron chi connectivity index (χ3n) is 4.85. The maximum absolute atomic E-state index is 12.6. The molecule has 0 aliphatic carbocycles. The van der Waals surface area contributed by atoms with Crippen LogP contribution < -0.4 is 0 Å². The van der Waals surface area contributed by atoms with E-state index in [-0.39, 0.29) is 17.9 Å². The van der Waals surface area contributed by atoms with E-state index in [1.807, 2.05) is 0 Å². The van der Waals surface area contributed by atoms with Gasteiger partial charge in [0.25, 0.3) is 5.91 Å². The zero-order valence-corrected chi connectivity index (χ0v) is 13.7. The lowest BCUT2D eigenvalue weighted by Gasteiger charge is -2.36. The summed E-state index contributed by atoms with van der Waals surface area (Å²) in [4.78, 5) is 32.1. The van der Waals surface area contributed by atoms with Gasteiger partial charge in [-0.05, 0) is 30.9 Å². The maximum atomic E-state index is 12.6. The van der Waals surface area contributed by atoms with E-state index in [0.29, 0.717) is 25.2 Å². The molecule has 3 aliphatic heterocycles. The number of carbonyl (C=O) groups is 2. The molecule has 25 heavy (non-hydrogen) atoms. The highest BCUT2D eigenvalue weighted by Crippen LogP contribution is 2.30. The van der Waals surface area contributed by atoms with Gasteiger partial charge < -0.3 is 9.80 Å². The molecule has 136 valence electrons. The number of hydrogen-bond acceptors (Lipinski definition) is 3. The number of carbonyl (C=O) groups excluding carboxylic acids is 2. The van der Waals surface area contributed by atoms with Crippen molar-refractivity contribution in [2.45, 2.75) is 37.9 Å². The van der Waals surface area contributed by atoms with Crippen molar-refractivity contribution < 1.29 is 22.8 Å². The van der Waals surface area contributed by atoms with Gasteiger partial charge in [-0.1, -0.05) is 0 Å². The van der Waals surface area contributed by atoms with Crippen LogP contribution in [0.1, 0.15) is 36.0 Å². The Morgan fingerprint density at radius 3 is 2.68 bits per heavy atom. The van der Waals surface area contributed by atoms with Crippen LogP contribution in [0.4, 0.5) is 13.2 Å². The normalized spacial score (nSPS) is 23.5. The quantitative estimate of drug-likeness (QED) is 0.837. The van der Waals surface area contributed by atoms with Gasteiger partial charge in [0, 0.05) is 44.5 Å². The van der Waals surface area contributed by atoms with E-state index in [9.17, 15) is 22.8 Å². The first-order chi connectivity index (χ1) is 11.8. The van der Waals surface area contributed by atoms with Gasteiger partial charge in [-0.3, -0.25) is 14.6 Å². The Hall–Kier alpha value is -2.12. The molecule has 0 saturated carbocycles. The lowest BCUT2D eigenvalue weighted by Crippen LogP contribution is -2.47. The molecule has 4 heterocycles. The molecule has 3 aliphatic rings. The van der Waals surface area contributed by atoms with Crippen molar-refractivity contribution in [3.63, 3.8) is 0 Å². The van der Waals surface area contributed by atoms with Gasteiger partial charge in [-0.15, -0.1) is 0 Å². The minimum Gasteiger partial charge on any atom is -0.338 e. The molecule has 3 fully saturated rings. The molecule has 8 heteroatoms. The predicted molar refractivity (Wildman–Crippen MR) is 83.7 cm³/mol. The van der Waals surface area contributed by atoms with Crippen molar-refractivity contribution in [1.29, 1.82) is 0 Å². The number of aromatic nitrogens is 1. The zero-order chi connectivity index (χ0) is 18.0. The fraction of sp³-hybridized carbons (Fsp3) is 0.588. The van der Waals surface area contributed by atoms with E-state index < -0.39 is 24.9 Å². The number of pyridine rings is 1. The number of amides is 2. The van der Waals surface area contributed by atoms with Gasteiger partial charge in [0.2, 0.25) is 5.91 Å². The van der Waals surface area contributed by atoms with Crippen LogP contribution >= 0.6 is 0 Å². The van der Waals surface area contributed by atoms with E-state index in [2.05, 4.69) is 4.98 Å². The standard InChI is InChI=1S/C17H20F3N3O2/c18-17(19,20)6-5-15(24)23-10-12-3-4-14(23)11-22(9-12)16(25)13-2-1-7-21-8-13/h1-2,7-8,12,14H,3-6,9-11H2/t12-,14+/m1/s1. The first-order valence-corrected chi connectivity index (χ1v) is 8.39. The van der Waals surface area contributed by atoms with E-state index >= 15 is 0 Å². The Morgan fingerprint density at radius 2 is 2.00 bits per heavy atom. The molecule has 1 aromatic heterocycles. The second-order valence-corrected chi connectivity index (χ2v) is 6.71. The summed E-state index contributed by atoms with van der Waals surface area (Å²) in [6.45, 7) is 1.31. The van der Waals surface area contributed by atoms with Gasteiger partial charge in [-0.25, -0.2) is 0 Å². The highest BCUT2D eigenvalue weighted by Gasteiger charge is 2.39. The summed E-state index contributed by atoms with van der Waals surface area (Å²) >= 11 is 0. The summed E-state index contributed by atoms with van der Waals surface area (Å²) < 4.78 is 37.1. The van der Waals surface area contributed by atoms with Crippen LogP contribution in [-0.4, -0.2) is 58.5 Å². The summed E-state index contributed by atoms with van der Waals surface area (Å²) in [6, 6.07) is 3.17. The first kappa shape index (κ1) is 17.7. The van der Waals surface area contributed by atoms with Crippen LogP contribution in [0.5, 0.6) is 0 Å². The molecule has 0 aromatic carbocycles. The van der Waals surface area contributed by atoms with E-state index in [1.165, 1.54) is 6.20 Å². The molecule has 3 saturated heterocycles. The lowest BCUT2D eigenvalue weighted by atomic mass is 9.94. The van der Waals surface area contributed by atoms with E-state index in [0.717, 1.165) is 12.8 Å². The molecular formula is C17H20F3N3O2. The Kier molecular flexibility index (Phi) is 4.96. The van der Waals surface area contributed by atoms with Gasteiger partial charge in [0.15, 0.2) is 0 Å². The number of piperidine rings is 1. The smallest absolute Gasteiger partial charge is 0.338 e. The number of alkyl halides is 3. The Balaban J connectivity index is 1.68. The van der Waals surface area contributed by atoms with Crippen LogP contribution in [0.3, 0.4) is 0 Å². The van der Waals surface area contributed by atoms with Gasteiger partial charge in [0.1, 0.15) is 0 Å². The summed E-state index contributed by atoms with van der Waals surface area (Å²) in [6.07, 6.45) is -1.26. The maximum Gasteiger partial charge on any atom is 0.389 e. The van der Waals surface area contributed by atoms with Crippen LogP contribution in [0.25, 0.3) is 0 Å². The number of rotatable bonds is 3. The number of nitrogens with zero attached hydrogens (tertiary/aromatic N) is 3. The van der Waals surface area contributed by atoms with Gasteiger partial charge in [-0.2, -0.15) is 13.2 Å². The molecular weight excluding hydrogens is 335 g/mol. The minimum absolute atomic E-state index is 0.106. The number of halogens is 3. The van der Waals surface area contributed by atoms with Crippen molar-refractivity contribution in [2.75, 3.05) is 19.6 Å². The fourth-order valence-corrected chi connectivity index (χ4v) is 3.62. The molecule has 0 spiro atoms. The molecule has 5 nitrogen and oxygen atoms in total. The average Bonchev–Trinajstić information content (AvgIpc) is 2.91. The van der Waals surface area contributed by atoms with Crippen LogP contribution in [0.15, 0.2) is 24.5 Å². The zero-order valence-electron chi connectivity index (χ0n) is 13.7. The Morgan fingerprint density at radius 1 is 1.20 bits per heavy atom. The van der Waals surface area contributed by atoms with Crippen LogP contribution in [0.2, 0.25) is 0 Å². The Labute approximate surface area is 143 Å². The third-order valence-corrected chi connectivity index (χ3v) is 4.85. The second-order valence-electron chi connectivity index (χ2n) is 6.71. The second kappa shape index (κ2) is 7.01. The average molecular weight is 355 g/mol. The van der Waals surface area contributed by atoms with Crippen molar-refractivity contribution >= 4 is 11.8 Å². The van der Waals surface area contributed by atoms with Gasteiger partial charge >= 0.3 is 6.18 Å². The number of fused-ring (bicyclic) bond motifs is 4. The molecule has 0 N–H and O–H groups in total. The summed E-state index contributed by atoms with van der Waals surface area (Å²) in [5.41, 5.74) is 0.485. The molecule has 2 atom stereocenters. The van der Waals surface area contributed by atoms with Crippen molar-refractivity contribution in [1.82, 2.24) is 14.8 Å². The molecule has 4 rings (SSSR count). The molecule has 2 amide bonds. The Bertz CT molecular complexity index is 636. The van der Waals surface area contributed by atoms with Crippen molar-refractivity contribution in [2.24, 2.45) is 5.92 Å². The predicted octanol–water partition coefficient (Wildman–Crippen LogP) is 2.49. The SMILES string of the molecule is O=C(c1cccnc1)N1C[C@H]2CC[C@@H](C1)N(C(=O)CCC(F)(F)F)C2. The van der Waals surface area contributed by atoms with Gasteiger partial charge in [0.05, 0.1) is 12.0 Å². The van der Waals surface area contributed by atoms with Crippen molar-refractivity contribution in [3.05, 3.63) is 30.1 Å². The van der Waals surface area contributed by atoms with Crippen molar-refractivity contribution in [3.8, 4) is 0 Å². The molecule has 2 bridgehead atoms.